The highest BCUT2D eigenvalue weighted by Gasteiger charge is 2.27. The summed E-state index contributed by atoms with van der Waals surface area (Å²) in [7, 11) is -3.09. The van der Waals surface area contributed by atoms with Crippen molar-refractivity contribution in [3.8, 4) is 0 Å². The van der Waals surface area contributed by atoms with Gasteiger partial charge in [0.2, 0.25) is 15.9 Å². The van der Waals surface area contributed by atoms with Crippen LogP contribution in [0.2, 0.25) is 0 Å². The molecule has 0 atom stereocenters. The van der Waals surface area contributed by atoms with E-state index in [4.69, 9.17) is 0 Å². The summed E-state index contributed by atoms with van der Waals surface area (Å²) in [5.41, 5.74) is 0. The Morgan fingerprint density at radius 3 is 2.18 bits per heavy atom. The molecule has 0 aromatic heterocycles. The smallest absolute Gasteiger partial charge is 0.222 e. The van der Waals surface area contributed by atoms with Gasteiger partial charge in [0.15, 0.2) is 0 Å². The van der Waals surface area contributed by atoms with Crippen molar-refractivity contribution in [1.29, 1.82) is 0 Å². The number of carbonyl (C=O) groups excluding carboxylic acids is 1. The van der Waals surface area contributed by atoms with E-state index in [9.17, 15) is 13.2 Å². The molecule has 1 aliphatic heterocycles. The van der Waals surface area contributed by atoms with Crippen LogP contribution in [0.1, 0.15) is 33.1 Å². The molecule has 100 valence electrons. The largest absolute Gasteiger partial charge is 0.340 e. The average Bonchev–Trinajstić information content (AvgIpc) is 2.36. The summed E-state index contributed by atoms with van der Waals surface area (Å²) in [6.07, 6.45) is 2.50. The van der Waals surface area contributed by atoms with E-state index in [1.165, 1.54) is 4.31 Å². The Morgan fingerprint density at radius 1 is 1.12 bits per heavy atom. The number of rotatable bonds is 5. The molecule has 0 spiro atoms. The second kappa shape index (κ2) is 6.35. The van der Waals surface area contributed by atoms with Gasteiger partial charge in [-0.05, 0) is 13.3 Å². The number of piperazine rings is 1. The van der Waals surface area contributed by atoms with Gasteiger partial charge in [-0.2, -0.15) is 4.31 Å². The molecule has 1 rings (SSSR count). The van der Waals surface area contributed by atoms with Crippen LogP contribution in [0.5, 0.6) is 0 Å². The van der Waals surface area contributed by atoms with Crippen molar-refractivity contribution in [3.63, 3.8) is 0 Å². The predicted molar refractivity (Wildman–Crippen MR) is 67.1 cm³/mol. The van der Waals surface area contributed by atoms with Crippen LogP contribution < -0.4 is 0 Å². The number of sulfonamides is 1. The van der Waals surface area contributed by atoms with Gasteiger partial charge in [-0.3, -0.25) is 4.79 Å². The minimum atomic E-state index is -3.09. The normalized spacial score (nSPS) is 18.4. The van der Waals surface area contributed by atoms with Crippen molar-refractivity contribution in [3.05, 3.63) is 0 Å². The Morgan fingerprint density at radius 2 is 1.71 bits per heavy atom. The van der Waals surface area contributed by atoms with Crippen molar-refractivity contribution in [2.45, 2.75) is 33.1 Å². The molecule has 0 bridgehead atoms. The van der Waals surface area contributed by atoms with Crippen molar-refractivity contribution in [1.82, 2.24) is 9.21 Å². The fraction of sp³-hybridized carbons (Fsp3) is 0.909. The molecule has 5 nitrogen and oxygen atoms in total. The van der Waals surface area contributed by atoms with E-state index in [-0.39, 0.29) is 11.7 Å². The van der Waals surface area contributed by atoms with Crippen LogP contribution in [0.25, 0.3) is 0 Å². The maximum atomic E-state index is 11.7. The zero-order valence-corrected chi connectivity index (χ0v) is 11.5. The van der Waals surface area contributed by atoms with Crippen LogP contribution in [-0.4, -0.2) is 55.5 Å². The van der Waals surface area contributed by atoms with Crippen LogP contribution in [0.4, 0.5) is 0 Å². The van der Waals surface area contributed by atoms with Crippen molar-refractivity contribution < 1.29 is 13.2 Å². The number of nitrogens with zero attached hydrogens (tertiary/aromatic N) is 2. The zero-order valence-electron chi connectivity index (χ0n) is 10.7. The van der Waals surface area contributed by atoms with Gasteiger partial charge in [-0.25, -0.2) is 8.42 Å². The van der Waals surface area contributed by atoms with E-state index in [2.05, 4.69) is 6.92 Å². The van der Waals surface area contributed by atoms with Crippen molar-refractivity contribution in [2.75, 3.05) is 31.9 Å². The zero-order chi connectivity index (χ0) is 12.9. The molecule has 1 aliphatic rings. The quantitative estimate of drug-likeness (QED) is 0.732. The molecule has 1 fully saturated rings. The van der Waals surface area contributed by atoms with Gasteiger partial charge in [0, 0.05) is 32.6 Å². The molecule has 0 unspecified atom stereocenters. The van der Waals surface area contributed by atoms with Crippen LogP contribution in [0, 0.1) is 0 Å². The van der Waals surface area contributed by atoms with E-state index in [0.29, 0.717) is 32.6 Å². The molecule has 1 saturated heterocycles. The molecule has 17 heavy (non-hydrogen) atoms. The van der Waals surface area contributed by atoms with Crippen LogP contribution >= 0.6 is 0 Å². The van der Waals surface area contributed by atoms with Crippen molar-refractivity contribution >= 4 is 15.9 Å². The molecule has 0 aliphatic carbocycles. The summed E-state index contributed by atoms with van der Waals surface area (Å²) in [4.78, 5) is 13.5. The Bertz CT molecular complexity index is 346. The summed E-state index contributed by atoms with van der Waals surface area (Å²) in [6.45, 7) is 5.64. The van der Waals surface area contributed by atoms with E-state index < -0.39 is 10.0 Å². The summed E-state index contributed by atoms with van der Waals surface area (Å²) < 4.78 is 24.7. The number of hydrogen-bond donors (Lipinski definition) is 0. The molecule has 6 heteroatoms. The van der Waals surface area contributed by atoms with E-state index in [0.717, 1.165) is 12.8 Å². The maximum absolute atomic E-state index is 11.7. The number of carbonyl (C=O) groups is 1. The standard InChI is InChI=1S/C11H22N2O3S/c1-3-5-6-11(14)12-7-9-13(10-8-12)17(15,16)4-2/h3-10H2,1-2H3. The highest BCUT2D eigenvalue weighted by Crippen LogP contribution is 2.10. The van der Waals surface area contributed by atoms with E-state index in [1.54, 1.807) is 11.8 Å². The first-order valence-corrected chi connectivity index (χ1v) is 7.87. The van der Waals surface area contributed by atoms with Crippen LogP contribution in [0.3, 0.4) is 0 Å². The first-order valence-electron chi connectivity index (χ1n) is 6.26. The topological polar surface area (TPSA) is 57.7 Å². The highest BCUT2D eigenvalue weighted by atomic mass is 32.2. The molecule has 1 amide bonds. The number of unbranched alkanes of at least 4 members (excludes halogenated alkanes) is 1. The minimum Gasteiger partial charge on any atom is -0.340 e. The summed E-state index contributed by atoms with van der Waals surface area (Å²) in [5, 5.41) is 0. The first-order chi connectivity index (χ1) is 8.01. The van der Waals surface area contributed by atoms with Gasteiger partial charge in [0.1, 0.15) is 0 Å². The fourth-order valence-corrected chi connectivity index (χ4v) is 2.97. The number of hydrogen-bond acceptors (Lipinski definition) is 3. The molecule has 0 aromatic carbocycles. The third-order valence-electron chi connectivity index (χ3n) is 3.09. The Hall–Kier alpha value is -0.620. The van der Waals surface area contributed by atoms with E-state index >= 15 is 0 Å². The number of amides is 1. The predicted octanol–water partition coefficient (Wildman–Crippen LogP) is 0.671. The SMILES string of the molecule is CCCCC(=O)N1CCN(S(=O)(=O)CC)CC1. The molecule has 0 aromatic rings. The second-order valence-electron chi connectivity index (χ2n) is 4.28. The lowest BCUT2D eigenvalue weighted by atomic mass is 10.2. The third kappa shape index (κ3) is 3.96. The van der Waals surface area contributed by atoms with Gasteiger partial charge in [-0.1, -0.05) is 13.3 Å². The van der Waals surface area contributed by atoms with E-state index in [1.807, 2.05) is 0 Å². The van der Waals surface area contributed by atoms with Gasteiger partial charge in [0.05, 0.1) is 5.75 Å². The minimum absolute atomic E-state index is 0.136. The maximum Gasteiger partial charge on any atom is 0.222 e. The highest BCUT2D eigenvalue weighted by molar-refractivity contribution is 7.89. The summed E-state index contributed by atoms with van der Waals surface area (Å²) in [5.74, 6) is 0.289. The fourth-order valence-electron chi connectivity index (χ4n) is 1.88. The van der Waals surface area contributed by atoms with Gasteiger partial charge in [-0.15, -0.1) is 0 Å². The molecular weight excluding hydrogens is 240 g/mol. The summed E-state index contributed by atoms with van der Waals surface area (Å²) >= 11 is 0. The summed E-state index contributed by atoms with van der Waals surface area (Å²) in [6, 6.07) is 0. The third-order valence-corrected chi connectivity index (χ3v) is 4.98. The lowest BCUT2D eigenvalue weighted by Crippen LogP contribution is -2.50. The van der Waals surface area contributed by atoms with Gasteiger partial charge in [0.25, 0.3) is 0 Å². The molecule has 0 N–H and O–H groups in total. The molecule has 1 heterocycles. The van der Waals surface area contributed by atoms with Gasteiger partial charge >= 0.3 is 0 Å². The molecular formula is C11H22N2O3S. The molecule has 0 radical (unpaired) electrons. The Kier molecular flexibility index (Phi) is 5.39. The van der Waals surface area contributed by atoms with Crippen LogP contribution in [-0.2, 0) is 14.8 Å². The average molecular weight is 262 g/mol. The Labute approximate surface area is 104 Å². The monoisotopic (exact) mass is 262 g/mol. The van der Waals surface area contributed by atoms with Crippen molar-refractivity contribution in [2.24, 2.45) is 0 Å². The lowest BCUT2D eigenvalue weighted by Gasteiger charge is -2.33. The molecule has 0 saturated carbocycles. The second-order valence-corrected chi connectivity index (χ2v) is 6.54. The first kappa shape index (κ1) is 14.4. The Balaban J connectivity index is 2.43. The van der Waals surface area contributed by atoms with Crippen LogP contribution in [0.15, 0.2) is 0 Å². The lowest BCUT2D eigenvalue weighted by molar-refractivity contribution is -0.132. The van der Waals surface area contributed by atoms with Gasteiger partial charge < -0.3 is 4.90 Å².